The number of hydrogen-bond acceptors (Lipinski definition) is 4. The van der Waals surface area contributed by atoms with Gasteiger partial charge in [-0.25, -0.2) is 9.37 Å². The molecule has 1 aromatic carbocycles. The van der Waals surface area contributed by atoms with Gasteiger partial charge in [0.05, 0.1) is 17.9 Å². The Morgan fingerprint density at radius 3 is 2.78 bits per heavy atom. The van der Waals surface area contributed by atoms with Crippen molar-refractivity contribution in [1.82, 2.24) is 19.9 Å². The van der Waals surface area contributed by atoms with Crippen molar-refractivity contribution < 1.29 is 13.7 Å². The zero-order valence-electron chi connectivity index (χ0n) is 14.6. The number of hydrogen-bond donors (Lipinski definition) is 1. The fraction of sp³-hybridized carbons (Fsp3) is 0.150. The van der Waals surface area contributed by atoms with Gasteiger partial charge in [-0.15, -0.1) is 0 Å². The van der Waals surface area contributed by atoms with Crippen molar-refractivity contribution in [1.29, 1.82) is 0 Å². The lowest BCUT2D eigenvalue weighted by Crippen LogP contribution is -2.22. The second-order valence-electron chi connectivity index (χ2n) is 6.37. The summed E-state index contributed by atoms with van der Waals surface area (Å²) in [5.41, 5.74) is 4.20. The molecule has 0 saturated carbocycles. The molecule has 136 valence electrons. The fourth-order valence-electron chi connectivity index (χ4n) is 2.81. The number of imidazole rings is 1. The predicted molar refractivity (Wildman–Crippen MR) is 96.8 cm³/mol. The number of carbonyl (C=O) groups excluding carboxylic acids is 1. The summed E-state index contributed by atoms with van der Waals surface area (Å²) in [6.45, 7) is 2.29. The number of aryl methyl sites for hydroxylation is 1. The molecule has 0 atom stereocenters. The molecule has 1 amide bonds. The van der Waals surface area contributed by atoms with Crippen LogP contribution in [0.4, 0.5) is 4.39 Å². The minimum atomic E-state index is -0.360. The Kier molecular flexibility index (Phi) is 4.42. The van der Waals surface area contributed by atoms with E-state index in [2.05, 4.69) is 15.5 Å². The molecule has 7 heteroatoms. The van der Waals surface area contributed by atoms with Crippen molar-refractivity contribution in [2.75, 3.05) is 0 Å². The van der Waals surface area contributed by atoms with Crippen LogP contribution < -0.4 is 5.32 Å². The van der Waals surface area contributed by atoms with Crippen molar-refractivity contribution in [2.45, 2.75) is 19.9 Å². The molecule has 0 saturated heterocycles. The topological polar surface area (TPSA) is 72.4 Å². The van der Waals surface area contributed by atoms with Gasteiger partial charge in [0.1, 0.15) is 11.5 Å². The molecule has 6 nitrogen and oxygen atoms in total. The van der Waals surface area contributed by atoms with Gasteiger partial charge in [-0.3, -0.25) is 4.79 Å². The summed E-state index contributed by atoms with van der Waals surface area (Å²) in [4.78, 5) is 16.7. The first kappa shape index (κ1) is 17.0. The molecule has 27 heavy (non-hydrogen) atoms. The molecular formula is C20H17FN4O2. The highest BCUT2D eigenvalue weighted by atomic mass is 19.1. The standard InChI is InChI=1S/C20H17FN4O2/c1-13-2-7-19-23-17(12-25(19)11-13)10-22-20(26)18-9-16(24-27-18)8-14-3-5-15(21)6-4-14/h2-7,9,11-12H,8,10H2,1H3,(H,22,26). The van der Waals surface area contributed by atoms with Crippen LogP contribution in [0, 0.1) is 12.7 Å². The van der Waals surface area contributed by atoms with Gasteiger partial charge in [0.15, 0.2) is 0 Å². The number of benzene rings is 1. The van der Waals surface area contributed by atoms with Crippen LogP contribution in [0.25, 0.3) is 5.65 Å². The summed E-state index contributed by atoms with van der Waals surface area (Å²) in [5, 5.41) is 6.68. The van der Waals surface area contributed by atoms with Crippen LogP contribution in [0.2, 0.25) is 0 Å². The zero-order chi connectivity index (χ0) is 18.8. The second-order valence-corrected chi connectivity index (χ2v) is 6.37. The first-order valence-corrected chi connectivity index (χ1v) is 8.49. The third kappa shape index (κ3) is 3.87. The van der Waals surface area contributed by atoms with E-state index in [1.54, 1.807) is 18.2 Å². The predicted octanol–water partition coefficient (Wildman–Crippen LogP) is 3.29. The van der Waals surface area contributed by atoms with Crippen LogP contribution in [-0.4, -0.2) is 20.4 Å². The molecule has 0 bridgehead atoms. The van der Waals surface area contributed by atoms with Gasteiger partial charge >= 0.3 is 0 Å². The number of halogens is 1. The minimum Gasteiger partial charge on any atom is -0.351 e. The smallest absolute Gasteiger partial charge is 0.290 e. The summed E-state index contributed by atoms with van der Waals surface area (Å²) in [6, 6.07) is 11.6. The van der Waals surface area contributed by atoms with Crippen molar-refractivity contribution >= 4 is 11.6 Å². The van der Waals surface area contributed by atoms with Gasteiger partial charge in [-0.1, -0.05) is 23.4 Å². The number of amides is 1. The maximum absolute atomic E-state index is 13.0. The van der Waals surface area contributed by atoms with E-state index in [1.165, 1.54) is 12.1 Å². The molecule has 0 spiro atoms. The monoisotopic (exact) mass is 364 g/mol. The van der Waals surface area contributed by atoms with Crippen molar-refractivity contribution in [2.24, 2.45) is 0 Å². The van der Waals surface area contributed by atoms with Gasteiger partial charge < -0.3 is 14.2 Å². The quantitative estimate of drug-likeness (QED) is 0.590. The molecule has 3 aromatic heterocycles. The van der Waals surface area contributed by atoms with Crippen LogP contribution in [0.3, 0.4) is 0 Å². The molecule has 3 heterocycles. The van der Waals surface area contributed by atoms with Crippen LogP contribution in [0.5, 0.6) is 0 Å². The lowest BCUT2D eigenvalue weighted by Gasteiger charge is -1.98. The molecule has 0 aliphatic rings. The first-order chi connectivity index (χ1) is 13.1. The van der Waals surface area contributed by atoms with E-state index < -0.39 is 0 Å². The highest BCUT2D eigenvalue weighted by Crippen LogP contribution is 2.12. The van der Waals surface area contributed by atoms with Crippen molar-refractivity contribution in [3.05, 3.63) is 89.0 Å². The Morgan fingerprint density at radius 2 is 1.96 bits per heavy atom. The average Bonchev–Trinajstić information content (AvgIpc) is 3.28. The zero-order valence-corrected chi connectivity index (χ0v) is 14.6. The van der Waals surface area contributed by atoms with E-state index in [1.807, 2.05) is 35.9 Å². The number of rotatable bonds is 5. The van der Waals surface area contributed by atoms with Crippen molar-refractivity contribution in [3.8, 4) is 0 Å². The summed E-state index contributed by atoms with van der Waals surface area (Å²) >= 11 is 0. The van der Waals surface area contributed by atoms with E-state index in [0.717, 1.165) is 22.5 Å². The Bertz CT molecular complexity index is 1100. The van der Waals surface area contributed by atoms with Crippen LogP contribution in [0.15, 0.2) is 59.4 Å². The molecule has 0 aliphatic heterocycles. The Morgan fingerprint density at radius 1 is 1.15 bits per heavy atom. The lowest BCUT2D eigenvalue weighted by molar-refractivity contribution is 0.0913. The molecule has 1 N–H and O–H groups in total. The second kappa shape index (κ2) is 7.03. The number of nitrogens with one attached hydrogen (secondary N) is 1. The fourth-order valence-corrected chi connectivity index (χ4v) is 2.81. The Balaban J connectivity index is 1.39. The highest BCUT2D eigenvalue weighted by molar-refractivity contribution is 5.91. The molecule has 0 unspecified atom stereocenters. The van der Waals surface area contributed by atoms with Crippen molar-refractivity contribution in [3.63, 3.8) is 0 Å². The van der Waals surface area contributed by atoms with E-state index >= 15 is 0 Å². The molecule has 0 fully saturated rings. The average molecular weight is 364 g/mol. The molecular weight excluding hydrogens is 347 g/mol. The number of fused-ring (bicyclic) bond motifs is 1. The van der Waals surface area contributed by atoms with E-state index in [-0.39, 0.29) is 24.0 Å². The molecule has 0 radical (unpaired) electrons. The molecule has 4 rings (SSSR count). The van der Waals surface area contributed by atoms with E-state index in [9.17, 15) is 9.18 Å². The summed E-state index contributed by atoms with van der Waals surface area (Å²) in [7, 11) is 0. The first-order valence-electron chi connectivity index (χ1n) is 8.49. The third-order valence-corrected chi connectivity index (χ3v) is 4.16. The number of nitrogens with zero attached hydrogens (tertiary/aromatic N) is 3. The molecule has 0 aliphatic carbocycles. The van der Waals surface area contributed by atoms with Gasteiger partial charge in [-0.05, 0) is 36.2 Å². The van der Waals surface area contributed by atoms with E-state index in [4.69, 9.17) is 4.52 Å². The normalized spacial score (nSPS) is 11.0. The largest absolute Gasteiger partial charge is 0.351 e. The Hall–Kier alpha value is -3.48. The maximum atomic E-state index is 13.0. The lowest BCUT2D eigenvalue weighted by atomic mass is 10.1. The van der Waals surface area contributed by atoms with Gasteiger partial charge in [0, 0.05) is 24.9 Å². The Labute approximate surface area is 154 Å². The van der Waals surface area contributed by atoms with E-state index in [0.29, 0.717) is 12.1 Å². The van der Waals surface area contributed by atoms with Crippen LogP contribution in [0.1, 0.15) is 33.1 Å². The van der Waals surface area contributed by atoms with Crippen LogP contribution >= 0.6 is 0 Å². The number of carbonyl (C=O) groups is 1. The summed E-state index contributed by atoms with van der Waals surface area (Å²) in [6.07, 6.45) is 4.32. The summed E-state index contributed by atoms with van der Waals surface area (Å²) in [5.74, 6) is -0.520. The SMILES string of the molecule is Cc1ccc2nc(CNC(=O)c3cc(Cc4ccc(F)cc4)no3)cn2c1. The van der Waals surface area contributed by atoms with Gasteiger partial charge in [-0.2, -0.15) is 0 Å². The minimum absolute atomic E-state index is 0.131. The van der Waals surface area contributed by atoms with Gasteiger partial charge in [0.2, 0.25) is 5.76 Å². The molecule has 4 aromatic rings. The summed E-state index contributed by atoms with van der Waals surface area (Å²) < 4.78 is 20.0. The highest BCUT2D eigenvalue weighted by Gasteiger charge is 2.14. The van der Waals surface area contributed by atoms with Gasteiger partial charge in [0.25, 0.3) is 5.91 Å². The number of aromatic nitrogens is 3. The third-order valence-electron chi connectivity index (χ3n) is 4.16. The maximum Gasteiger partial charge on any atom is 0.290 e. The number of pyridine rings is 1. The van der Waals surface area contributed by atoms with Crippen LogP contribution in [-0.2, 0) is 13.0 Å².